The van der Waals surface area contributed by atoms with Gasteiger partial charge in [0, 0.05) is 0 Å². The summed E-state index contributed by atoms with van der Waals surface area (Å²) in [6.45, 7) is 11.7. The summed E-state index contributed by atoms with van der Waals surface area (Å²) in [6.07, 6.45) is 9.31. The van der Waals surface area contributed by atoms with Gasteiger partial charge in [-0.05, 0) is 64.8 Å². The molecule has 2 saturated heterocycles. The van der Waals surface area contributed by atoms with Gasteiger partial charge in [-0.3, -0.25) is 9.80 Å². The van der Waals surface area contributed by atoms with Crippen molar-refractivity contribution in [1.82, 2.24) is 9.80 Å². The van der Waals surface area contributed by atoms with E-state index in [0.29, 0.717) is 0 Å². The lowest BCUT2D eigenvalue weighted by molar-refractivity contribution is 0.0294. The maximum Gasteiger partial charge on any atom is 0.0596 e. The van der Waals surface area contributed by atoms with Crippen LogP contribution in [0.1, 0.15) is 45.4 Å². The Morgan fingerprint density at radius 2 is 1.39 bits per heavy atom. The van der Waals surface area contributed by atoms with Crippen LogP contribution in [0.25, 0.3) is 0 Å². The summed E-state index contributed by atoms with van der Waals surface area (Å²) < 4.78 is 0. The van der Waals surface area contributed by atoms with E-state index < -0.39 is 0 Å². The molecule has 2 heterocycles. The SMILES string of the molecule is C=C(C)[SiH2]CC(N1CCCCC1)N1CCCCC1. The van der Waals surface area contributed by atoms with Crippen molar-refractivity contribution in [3.05, 3.63) is 11.8 Å². The highest BCUT2D eigenvalue weighted by Gasteiger charge is 2.26. The van der Waals surface area contributed by atoms with Crippen molar-refractivity contribution in [1.29, 1.82) is 0 Å². The van der Waals surface area contributed by atoms with Gasteiger partial charge in [-0.1, -0.05) is 18.0 Å². The molecule has 2 rings (SSSR count). The molecule has 2 aliphatic rings. The second-order valence-electron chi connectivity index (χ2n) is 6.17. The normalized spacial score (nSPS) is 24.1. The van der Waals surface area contributed by atoms with Crippen LogP contribution in [0.15, 0.2) is 11.8 Å². The van der Waals surface area contributed by atoms with Crippen molar-refractivity contribution < 1.29 is 0 Å². The molecule has 0 bridgehead atoms. The van der Waals surface area contributed by atoms with Crippen molar-refractivity contribution in [3.63, 3.8) is 0 Å². The van der Waals surface area contributed by atoms with E-state index in [4.69, 9.17) is 0 Å². The number of rotatable bonds is 5. The van der Waals surface area contributed by atoms with Crippen LogP contribution >= 0.6 is 0 Å². The third-order valence-corrected chi connectivity index (χ3v) is 6.11. The monoisotopic (exact) mass is 266 g/mol. The molecule has 2 nitrogen and oxygen atoms in total. The van der Waals surface area contributed by atoms with Crippen LogP contribution in [-0.4, -0.2) is 51.7 Å². The van der Waals surface area contributed by atoms with Gasteiger partial charge in [0.05, 0.1) is 15.7 Å². The first-order valence-electron chi connectivity index (χ1n) is 7.90. The van der Waals surface area contributed by atoms with Gasteiger partial charge in [0.25, 0.3) is 0 Å². The summed E-state index contributed by atoms with van der Waals surface area (Å²) in [5.74, 6) is 0. The average Bonchev–Trinajstić information content (AvgIpc) is 2.41. The molecule has 0 aromatic carbocycles. The van der Waals surface area contributed by atoms with Crippen LogP contribution in [0.2, 0.25) is 6.04 Å². The second-order valence-corrected chi connectivity index (χ2v) is 8.45. The summed E-state index contributed by atoms with van der Waals surface area (Å²) >= 11 is 0. The van der Waals surface area contributed by atoms with E-state index in [1.807, 2.05) is 0 Å². The zero-order chi connectivity index (χ0) is 12.8. The molecular formula is C15H30N2Si. The predicted molar refractivity (Wildman–Crippen MR) is 82.8 cm³/mol. The van der Waals surface area contributed by atoms with Gasteiger partial charge in [0.1, 0.15) is 0 Å². The Bertz CT molecular complexity index is 237. The van der Waals surface area contributed by atoms with Crippen molar-refractivity contribution in [3.8, 4) is 0 Å². The van der Waals surface area contributed by atoms with Gasteiger partial charge in [-0.15, -0.1) is 6.58 Å². The second kappa shape index (κ2) is 7.46. The van der Waals surface area contributed by atoms with E-state index in [2.05, 4.69) is 23.3 Å². The summed E-state index contributed by atoms with van der Waals surface area (Å²) in [7, 11) is -0.0691. The van der Waals surface area contributed by atoms with Crippen LogP contribution in [0.3, 0.4) is 0 Å². The molecule has 0 amide bonds. The third-order valence-electron chi connectivity index (χ3n) is 4.45. The smallest absolute Gasteiger partial charge is 0.0596 e. The number of hydrogen-bond donors (Lipinski definition) is 0. The van der Waals surface area contributed by atoms with Gasteiger partial charge in [0.2, 0.25) is 0 Å². The van der Waals surface area contributed by atoms with Crippen LogP contribution in [0, 0.1) is 0 Å². The van der Waals surface area contributed by atoms with Gasteiger partial charge in [-0.2, -0.15) is 0 Å². The van der Waals surface area contributed by atoms with E-state index in [1.54, 1.807) is 0 Å². The number of likely N-dealkylation sites (tertiary alicyclic amines) is 2. The summed E-state index contributed by atoms with van der Waals surface area (Å²) in [5.41, 5.74) is 0. The molecule has 0 aromatic heterocycles. The highest BCUT2D eigenvalue weighted by atomic mass is 28.2. The highest BCUT2D eigenvalue weighted by molar-refractivity contribution is 6.44. The Balaban J connectivity index is 1.93. The summed E-state index contributed by atoms with van der Waals surface area (Å²) in [4.78, 5) is 5.56. The van der Waals surface area contributed by atoms with Gasteiger partial charge in [-0.25, -0.2) is 0 Å². The minimum atomic E-state index is -0.0691. The molecule has 0 radical (unpaired) electrons. The maximum absolute atomic E-state index is 4.14. The molecule has 2 fully saturated rings. The van der Waals surface area contributed by atoms with E-state index in [9.17, 15) is 0 Å². The van der Waals surface area contributed by atoms with Crippen LogP contribution in [-0.2, 0) is 0 Å². The first kappa shape index (κ1) is 14.3. The van der Waals surface area contributed by atoms with Crippen LogP contribution < -0.4 is 0 Å². The Labute approximate surface area is 115 Å². The molecule has 104 valence electrons. The molecule has 3 heteroatoms. The van der Waals surface area contributed by atoms with Crippen LogP contribution in [0.5, 0.6) is 0 Å². The van der Waals surface area contributed by atoms with E-state index in [1.165, 1.54) is 75.9 Å². The van der Waals surface area contributed by atoms with Gasteiger partial charge in [0.15, 0.2) is 0 Å². The molecule has 0 saturated carbocycles. The largest absolute Gasteiger partial charge is 0.288 e. The van der Waals surface area contributed by atoms with E-state index in [-0.39, 0.29) is 9.52 Å². The maximum atomic E-state index is 4.14. The Morgan fingerprint density at radius 1 is 0.944 bits per heavy atom. The number of piperidine rings is 2. The fourth-order valence-corrected chi connectivity index (χ4v) is 4.89. The molecule has 0 N–H and O–H groups in total. The molecule has 0 aromatic rings. The summed E-state index contributed by atoms with van der Waals surface area (Å²) in [6, 6.07) is 1.43. The molecule has 2 aliphatic heterocycles. The number of hydrogen-bond acceptors (Lipinski definition) is 2. The standard InChI is InChI=1S/C15H30N2Si/c1-14(2)18-13-15(16-9-5-3-6-10-16)17-11-7-4-8-12-17/h15H,1,3-13,18H2,2H3. The lowest BCUT2D eigenvalue weighted by Gasteiger charge is -2.43. The molecule has 0 spiro atoms. The van der Waals surface area contributed by atoms with Crippen molar-refractivity contribution in [2.24, 2.45) is 0 Å². The number of nitrogens with zero attached hydrogens (tertiary/aromatic N) is 2. The van der Waals surface area contributed by atoms with Crippen molar-refractivity contribution in [2.75, 3.05) is 26.2 Å². The first-order chi connectivity index (χ1) is 8.77. The third kappa shape index (κ3) is 4.21. The summed E-state index contributed by atoms with van der Waals surface area (Å²) in [5, 5.41) is 1.48. The Morgan fingerprint density at radius 3 is 1.78 bits per heavy atom. The lowest BCUT2D eigenvalue weighted by Crippen LogP contribution is -2.52. The highest BCUT2D eigenvalue weighted by Crippen LogP contribution is 2.21. The average molecular weight is 267 g/mol. The topological polar surface area (TPSA) is 6.48 Å². The fraction of sp³-hybridized carbons (Fsp3) is 0.867. The Kier molecular flexibility index (Phi) is 5.92. The predicted octanol–water partition coefficient (Wildman–Crippen LogP) is 2.41. The lowest BCUT2D eigenvalue weighted by atomic mass is 10.1. The minimum absolute atomic E-state index is 0.0691. The minimum Gasteiger partial charge on any atom is -0.288 e. The molecule has 18 heavy (non-hydrogen) atoms. The number of allylic oxidation sites excluding steroid dienone is 1. The van der Waals surface area contributed by atoms with E-state index in [0.717, 1.165) is 6.17 Å². The molecule has 0 atom stereocenters. The van der Waals surface area contributed by atoms with Gasteiger partial charge < -0.3 is 0 Å². The Hall–Kier alpha value is -0.123. The molecular weight excluding hydrogens is 236 g/mol. The first-order valence-corrected chi connectivity index (χ1v) is 9.60. The van der Waals surface area contributed by atoms with Crippen molar-refractivity contribution >= 4 is 9.52 Å². The quantitative estimate of drug-likeness (QED) is 0.705. The van der Waals surface area contributed by atoms with Gasteiger partial charge >= 0.3 is 0 Å². The zero-order valence-electron chi connectivity index (χ0n) is 12.2. The van der Waals surface area contributed by atoms with Crippen molar-refractivity contribution in [2.45, 2.75) is 57.7 Å². The zero-order valence-corrected chi connectivity index (χ0v) is 13.6. The van der Waals surface area contributed by atoms with E-state index >= 15 is 0 Å². The van der Waals surface area contributed by atoms with Crippen LogP contribution in [0.4, 0.5) is 0 Å². The molecule has 0 unspecified atom stereocenters. The molecule has 0 aliphatic carbocycles. The fourth-order valence-electron chi connectivity index (χ4n) is 3.40.